The molecule has 2 heterocycles. The zero-order valence-electron chi connectivity index (χ0n) is 11.1. The van der Waals surface area contributed by atoms with Crippen molar-refractivity contribution in [2.45, 2.75) is 26.2 Å². The van der Waals surface area contributed by atoms with Crippen molar-refractivity contribution >= 4 is 5.82 Å². The number of rotatable bonds is 2. The van der Waals surface area contributed by atoms with Gasteiger partial charge in [-0.05, 0) is 0 Å². The van der Waals surface area contributed by atoms with Gasteiger partial charge in [-0.3, -0.25) is 9.97 Å². The summed E-state index contributed by atoms with van der Waals surface area (Å²) in [6.07, 6.45) is 5.01. The fraction of sp³-hybridized carbons (Fsp3) is 0.385. The minimum atomic E-state index is -0.107. The summed E-state index contributed by atoms with van der Waals surface area (Å²) in [7, 11) is 1.84. The number of nitrogens with zero attached hydrogens (tertiary/aromatic N) is 4. The molecule has 0 unspecified atom stereocenters. The maximum Gasteiger partial charge on any atom is 0.136 e. The molecule has 0 saturated heterocycles. The lowest BCUT2D eigenvalue weighted by molar-refractivity contribution is 0.546. The average Bonchev–Trinajstić information content (AvgIpc) is 2.38. The molecule has 2 aromatic heterocycles. The second kappa shape index (κ2) is 4.68. The van der Waals surface area contributed by atoms with Crippen LogP contribution in [-0.2, 0) is 5.41 Å². The van der Waals surface area contributed by atoms with Crippen LogP contribution in [0.25, 0.3) is 11.4 Å². The van der Waals surface area contributed by atoms with Crippen LogP contribution in [0.5, 0.6) is 0 Å². The first kappa shape index (κ1) is 12.4. The lowest BCUT2D eigenvalue weighted by atomic mass is 9.95. The fourth-order valence-corrected chi connectivity index (χ4v) is 1.47. The number of aromatic nitrogens is 4. The summed E-state index contributed by atoms with van der Waals surface area (Å²) in [6, 6.07) is 1.87. The van der Waals surface area contributed by atoms with Gasteiger partial charge in [0.25, 0.3) is 0 Å². The summed E-state index contributed by atoms with van der Waals surface area (Å²) in [5.41, 5.74) is 1.43. The van der Waals surface area contributed by atoms with Crippen LogP contribution in [0.1, 0.15) is 26.6 Å². The summed E-state index contributed by atoms with van der Waals surface area (Å²) in [5.74, 6) is 1.57. The topological polar surface area (TPSA) is 63.6 Å². The van der Waals surface area contributed by atoms with Gasteiger partial charge in [0.2, 0.25) is 0 Å². The van der Waals surface area contributed by atoms with E-state index in [9.17, 15) is 0 Å². The minimum absolute atomic E-state index is 0.107. The Morgan fingerprint density at radius 3 is 2.39 bits per heavy atom. The minimum Gasteiger partial charge on any atom is -0.373 e. The summed E-state index contributed by atoms with van der Waals surface area (Å²) in [5, 5.41) is 3.05. The van der Waals surface area contributed by atoms with E-state index in [1.807, 2.05) is 13.1 Å². The molecule has 0 atom stereocenters. The second-order valence-corrected chi connectivity index (χ2v) is 5.05. The molecule has 0 aliphatic carbocycles. The molecular weight excluding hydrogens is 226 g/mol. The molecule has 18 heavy (non-hydrogen) atoms. The number of nitrogens with one attached hydrogen (secondary N) is 1. The lowest BCUT2D eigenvalue weighted by Gasteiger charge is -2.18. The highest BCUT2D eigenvalue weighted by Gasteiger charge is 2.19. The van der Waals surface area contributed by atoms with Gasteiger partial charge in [0.1, 0.15) is 17.3 Å². The van der Waals surface area contributed by atoms with Gasteiger partial charge in [-0.25, -0.2) is 9.97 Å². The molecule has 94 valence electrons. The van der Waals surface area contributed by atoms with Crippen molar-refractivity contribution in [1.82, 2.24) is 19.9 Å². The van der Waals surface area contributed by atoms with Crippen molar-refractivity contribution in [2.24, 2.45) is 0 Å². The van der Waals surface area contributed by atoms with Crippen LogP contribution >= 0.6 is 0 Å². The van der Waals surface area contributed by atoms with Crippen molar-refractivity contribution < 1.29 is 0 Å². The molecule has 5 heteroatoms. The van der Waals surface area contributed by atoms with Crippen LogP contribution in [-0.4, -0.2) is 27.0 Å². The maximum atomic E-state index is 4.57. The largest absolute Gasteiger partial charge is 0.373 e. The Morgan fingerprint density at radius 1 is 1.06 bits per heavy atom. The van der Waals surface area contributed by atoms with Crippen molar-refractivity contribution in [3.63, 3.8) is 0 Å². The highest BCUT2D eigenvalue weighted by atomic mass is 15.0. The van der Waals surface area contributed by atoms with E-state index in [4.69, 9.17) is 0 Å². The Labute approximate surface area is 107 Å². The Kier molecular flexibility index (Phi) is 3.23. The van der Waals surface area contributed by atoms with Gasteiger partial charge in [-0.15, -0.1) is 0 Å². The molecule has 0 radical (unpaired) electrons. The van der Waals surface area contributed by atoms with E-state index >= 15 is 0 Å². The van der Waals surface area contributed by atoms with E-state index in [1.54, 1.807) is 18.6 Å². The van der Waals surface area contributed by atoms with Crippen LogP contribution in [0.3, 0.4) is 0 Å². The molecule has 0 aliphatic heterocycles. The third-order valence-corrected chi connectivity index (χ3v) is 2.48. The maximum absolute atomic E-state index is 4.57. The quantitative estimate of drug-likeness (QED) is 0.876. The van der Waals surface area contributed by atoms with E-state index in [1.165, 1.54) is 0 Å². The molecule has 0 fully saturated rings. The van der Waals surface area contributed by atoms with Gasteiger partial charge < -0.3 is 5.32 Å². The molecule has 0 spiro atoms. The molecular formula is C13H17N5. The van der Waals surface area contributed by atoms with E-state index in [0.29, 0.717) is 0 Å². The molecule has 0 bridgehead atoms. The molecule has 2 rings (SSSR count). The molecule has 0 aliphatic rings. The van der Waals surface area contributed by atoms with Crippen LogP contribution in [0, 0.1) is 0 Å². The van der Waals surface area contributed by atoms with Crippen molar-refractivity contribution in [2.75, 3.05) is 12.4 Å². The van der Waals surface area contributed by atoms with Gasteiger partial charge in [0.05, 0.1) is 11.9 Å². The summed E-state index contributed by atoms with van der Waals surface area (Å²) < 4.78 is 0. The zero-order chi connectivity index (χ0) is 13.2. The van der Waals surface area contributed by atoms with E-state index in [-0.39, 0.29) is 5.41 Å². The SMILES string of the molecule is CNc1cc(-c2cnccn2)nc(C(C)(C)C)n1. The highest BCUT2D eigenvalue weighted by molar-refractivity contribution is 5.57. The smallest absolute Gasteiger partial charge is 0.136 e. The van der Waals surface area contributed by atoms with Gasteiger partial charge >= 0.3 is 0 Å². The Bertz CT molecular complexity index is 531. The molecule has 5 nitrogen and oxygen atoms in total. The van der Waals surface area contributed by atoms with Crippen LogP contribution in [0.15, 0.2) is 24.7 Å². The number of hydrogen-bond donors (Lipinski definition) is 1. The predicted molar refractivity (Wildman–Crippen MR) is 71.3 cm³/mol. The first-order valence-electron chi connectivity index (χ1n) is 5.84. The van der Waals surface area contributed by atoms with Crippen LogP contribution < -0.4 is 5.32 Å². The van der Waals surface area contributed by atoms with E-state index in [2.05, 4.69) is 46.0 Å². The third kappa shape index (κ3) is 2.61. The van der Waals surface area contributed by atoms with Gasteiger partial charge in [-0.1, -0.05) is 20.8 Å². The van der Waals surface area contributed by atoms with Gasteiger partial charge in [0.15, 0.2) is 0 Å². The van der Waals surface area contributed by atoms with Gasteiger partial charge in [-0.2, -0.15) is 0 Å². The van der Waals surface area contributed by atoms with Crippen molar-refractivity contribution in [3.05, 3.63) is 30.5 Å². The summed E-state index contributed by atoms with van der Waals surface area (Å²) in [6.45, 7) is 6.26. The number of anilines is 1. The van der Waals surface area contributed by atoms with E-state index < -0.39 is 0 Å². The first-order valence-corrected chi connectivity index (χ1v) is 5.84. The zero-order valence-corrected chi connectivity index (χ0v) is 11.1. The average molecular weight is 243 g/mol. The predicted octanol–water partition coefficient (Wildman–Crippen LogP) is 2.27. The van der Waals surface area contributed by atoms with Crippen LogP contribution in [0.2, 0.25) is 0 Å². The van der Waals surface area contributed by atoms with E-state index in [0.717, 1.165) is 23.0 Å². The molecule has 0 amide bonds. The molecule has 2 aromatic rings. The number of hydrogen-bond acceptors (Lipinski definition) is 5. The Balaban J connectivity index is 2.55. The fourth-order valence-electron chi connectivity index (χ4n) is 1.47. The summed E-state index contributed by atoms with van der Waals surface area (Å²) >= 11 is 0. The van der Waals surface area contributed by atoms with Crippen molar-refractivity contribution in [3.8, 4) is 11.4 Å². The molecule has 1 N–H and O–H groups in total. The first-order chi connectivity index (χ1) is 8.50. The normalized spacial score (nSPS) is 11.3. The monoisotopic (exact) mass is 243 g/mol. The van der Waals surface area contributed by atoms with Crippen molar-refractivity contribution in [1.29, 1.82) is 0 Å². The Hall–Kier alpha value is -2.04. The lowest BCUT2D eigenvalue weighted by Crippen LogP contribution is -2.17. The second-order valence-electron chi connectivity index (χ2n) is 5.05. The highest BCUT2D eigenvalue weighted by Crippen LogP contribution is 2.23. The van der Waals surface area contributed by atoms with Crippen LogP contribution in [0.4, 0.5) is 5.82 Å². The molecule has 0 aromatic carbocycles. The standard InChI is InChI=1S/C13H17N5/c1-13(2,3)12-17-9(7-11(14-4)18-12)10-8-15-5-6-16-10/h5-8H,1-4H3,(H,14,17,18). The Morgan fingerprint density at radius 2 is 1.83 bits per heavy atom. The third-order valence-electron chi connectivity index (χ3n) is 2.48. The summed E-state index contributed by atoms with van der Waals surface area (Å²) in [4.78, 5) is 17.4. The molecule has 0 saturated carbocycles. The van der Waals surface area contributed by atoms with Gasteiger partial charge in [0, 0.05) is 30.9 Å².